The first-order valence-electron chi connectivity index (χ1n) is 7.21. The third-order valence-corrected chi connectivity index (χ3v) is 3.71. The maximum atomic E-state index is 12.2. The summed E-state index contributed by atoms with van der Waals surface area (Å²) >= 11 is 11.8. The largest absolute Gasteiger partial charge is 0.550 e. The Morgan fingerprint density at radius 3 is 2.20 bits per heavy atom. The van der Waals surface area contributed by atoms with Gasteiger partial charge in [-0.2, -0.15) is 0 Å². The number of carboxylic acid groups (broad SMARTS) is 1. The van der Waals surface area contributed by atoms with E-state index >= 15 is 0 Å². The number of rotatable bonds is 6. The van der Waals surface area contributed by atoms with Crippen LogP contribution in [-0.4, -0.2) is 17.8 Å². The predicted octanol–water partition coefficient (Wildman–Crippen LogP) is 2.71. The number of benzene rings is 2. The van der Waals surface area contributed by atoms with Crippen molar-refractivity contribution < 1.29 is 19.5 Å². The SMILES string of the molecule is O=C([O-])CCC(=O)Nc1ccc(C(=O)Nc2ccc(Cl)cc2Cl)cc1. The Balaban J connectivity index is 1.98. The van der Waals surface area contributed by atoms with E-state index in [4.69, 9.17) is 23.2 Å². The van der Waals surface area contributed by atoms with Gasteiger partial charge in [0.2, 0.25) is 5.91 Å². The van der Waals surface area contributed by atoms with Crippen molar-refractivity contribution in [2.75, 3.05) is 10.6 Å². The van der Waals surface area contributed by atoms with E-state index in [1.807, 2.05) is 0 Å². The predicted molar refractivity (Wildman–Crippen MR) is 93.7 cm³/mol. The van der Waals surface area contributed by atoms with Gasteiger partial charge in [-0.05, 0) is 48.9 Å². The summed E-state index contributed by atoms with van der Waals surface area (Å²) in [6, 6.07) is 10.8. The molecule has 2 N–H and O–H groups in total. The number of carboxylic acids is 1. The van der Waals surface area contributed by atoms with E-state index in [9.17, 15) is 19.5 Å². The van der Waals surface area contributed by atoms with E-state index in [1.165, 1.54) is 30.3 Å². The lowest BCUT2D eigenvalue weighted by Gasteiger charge is -2.09. The fourth-order valence-electron chi connectivity index (χ4n) is 1.93. The average Bonchev–Trinajstić information content (AvgIpc) is 2.56. The van der Waals surface area contributed by atoms with Crippen LogP contribution in [0.1, 0.15) is 23.2 Å². The standard InChI is InChI=1S/C17H14Cl2N2O4/c18-11-3-6-14(13(19)9-11)21-17(25)10-1-4-12(5-2-10)20-15(22)7-8-16(23)24/h1-6,9H,7-8H2,(H,20,22)(H,21,25)(H,23,24)/p-1. The normalized spacial score (nSPS) is 10.2. The summed E-state index contributed by atoms with van der Waals surface area (Å²) < 4.78 is 0. The van der Waals surface area contributed by atoms with Crippen LogP contribution in [0.4, 0.5) is 11.4 Å². The maximum Gasteiger partial charge on any atom is 0.255 e. The molecule has 2 rings (SSSR count). The van der Waals surface area contributed by atoms with Gasteiger partial charge < -0.3 is 20.5 Å². The highest BCUT2D eigenvalue weighted by atomic mass is 35.5. The van der Waals surface area contributed by atoms with Crippen molar-refractivity contribution in [3.8, 4) is 0 Å². The molecule has 2 amide bonds. The second kappa shape index (κ2) is 8.50. The number of carbonyl (C=O) groups excluding carboxylic acids is 3. The molecule has 8 heteroatoms. The van der Waals surface area contributed by atoms with Crippen molar-refractivity contribution in [3.63, 3.8) is 0 Å². The van der Waals surface area contributed by atoms with Crippen LogP contribution in [0.15, 0.2) is 42.5 Å². The molecule has 0 atom stereocenters. The van der Waals surface area contributed by atoms with Gasteiger partial charge in [-0.1, -0.05) is 23.2 Å². The molecule has 130 valence electrons. The zero-order valence-corrected chi connectivity index (χ0v) is 14.4. The van der Waals surface area contributed by atoms with E-state index < -0.39 is 11.9 Å². The molecule has 0 fully saturated rings. The maximum absolute atomic E-state index is 12.2. The summed E-state index contributed by atoms with van der Waals surface area (Å²) in [4.78, 5) is 34.1. The first-order valence-corrected chi connectivity index (χ1v) is 7.97. The zero-order chi connectivity index (χ0) is 18.4. The van der Waals surface area contributed by atoms with Crippen LogP contribution in [0.2, 0.25) is 10.0 Å². The lowest BCUT2D eigenvalue weighted by molar-refractivity contribution is -0.305. The van der Waals surface area contributed by atoms with Gasteiger partial charge in [0.15, 0.2) is 0 Å². The van der Waals surface area contributed by atoms with E-state index in [0.29, 0.717) is 27.0 Å². The van der Waals surface area contributed by atoms with Gasteiger partial charge in [-0.3, -0.25) is 9.59 Å². The minimum atomic E-state index is -1.29. The minimum absolute atomic E-state index is 0.181. The fraction of sp³-hybridized carbons (Fsp3) is 0.118. The molecule has 0 aliphatic rings. The molecule has 6 nitrogen and oxygen atoms in total. The summed E-state index contributed by atoms with van der Waals surface area (Å²) in [5, 5.41) is 16.3. The molecule has 25 heavy (non-hydrogen) atoms. The van der Waals surface area contributed by atoms with Crippen molar-refractivity contribution in [3.05, 3.63) is 58.1 Å². The zero-order valence-electron chi connectivity index (χ0n) is 12.8. The number of aliphatic carboxylic acids is 1. The van der Waals surface area contributed by atoms with E-state index in [2.05, 4.69) is 10.6 Å². The van der Waals surface area contributed by atoms with Crippen LogP contribution in [0.25, 0.3) is 0 Å². The third kappa shape index (κ3) is 5.77. The Hall–Kier alpha value is -2.57. The minimum Gasteiger partial charge on any atom is -0.550 e. The molecule has 0 saturated carbocycles. The van der Waals surface area contributed by atoms with Crippen LogP contribution < -0.4 is 15.7 Å². The molecule has 2 aromatic rings. The van der Waals surface area contributed by atoms with Gasteiger partial charge in [0.25, 0.3) is 5.91 Å². The molecule has 0 unspecified atom stereocenters. The highest BCUT2D eigenvalue weighted by Gasteiger charge is 2.09. The van der Waals surface area contributed by atoms with E-state index in [-0.39, 0.29) is 18.7 Å². The molecule has 0 aliphatic carbocycles. The van der Waals surface area contributed by atoms with Gasteiger partial charge in [-0.15, -0.1) is 0 Å². The van der Waals surface area contributed by atoms with Gasteiger partial charge >= 0.3 is 0 Å². The Bertz CT molecular complexity index is 807. The number of amides is 2. The Labute approximate surface area is 153 Å². The summed E-state index contributed by atoms with van der Waals surface area (Å²) in [5.41, 5.74) is 1.24. The van der Waals surface area contributed by atoms with Crippen molar-refractivity contribution in [1.29, 1.82) is 0 Å². The smallest absolute Gasteiger partial charge is 0.255 e. The molecule has 0 aliphatic heterocycles. The quantitative estimate of drug-likeness (QED) is 0.805. The molecule has 0 bridgehead atoms. The lowest BCUT2D eigenvalue weighted by atomic mass is 10.2. The summed E-state index contributed by atoms with van der Waals surface area (Å²) in [6.07, 6.45) is -0.534. The number of nitrogens with one attached hydrogen (secondary N) is 2. The molecular formula is C17H13Cl2N2O4-. The fourth-order valence-corrected chi connectivity index (χ4v) is 2.39. The van der Waals surface area contributed by atoms with Crippen molar-refractivity contribution >= 4 is 52.4 Å². The topological polar surface area (TPSA) is 98.3 Å². The van der Waals surface area contributed by atoms with Crippen molar-refractivity contribution in [1.82, 2.24) is 0 Å². The average molecular weight is 380 g/mol. The van der Waals surface area contributed by atoms with Gasteiger partial charge in [0.1, 0.15) is 0 Å². The van der Waals surface area contributed by atoms with Crippen molar-refractivity contribution in [2.45, 2.75) is 12.8 Å². The van der Waals surface area contributed by atoms with E-state index in [1.54, 1.807) is 12.1 Å². The summed E-state index contributed by atoms with van der Waals surface area (Å²) in [6.45, 7) is 0. The number of carbonyl (C=O) groups is 3. The Morgan fingerprint density at radius 2 is 1.60 bits per heavy atom. The summed E-state index contributed by atoms with van der Waals surface area (Å²) in [7, 11) is 0. The molecule has 0 saturated heterocycles. The Kier molecular flexibility index (Phi) is 6.38. The molecule has 2 aromatic carbocycles. The second-order valence-electron chi connectivity index (χ2n) is 5.08. The van der Waals surface area contributed by atoms with Crippen LogP contribution >= 0.6 is 23.2 Å². The number of anilines is 2. The highest BCUT2D eigenvalue weighted by Crippen LogP contribution is 2.25. The number of hydrogen-bond donors (Lipinski definition) is 2. The van der Waals surface area contributed by atoms with Gasteiger partial charge in [0, 0.05) is 28.7 Å². The molecule has 0 aromatic heterocycles. The number of halogens is 2. The van der Waals surface area contributed by atoms with Crippen molar-refractivity contribution in [2.24, 2.45) is 0 Å². The molecule has 0 heterocycles. The van der Waals surface area contributed by atoms with Crippen LogP contribution in [0, 0.1) is 0 Å². The van der Waals surface area contributed by atoms with Crippen LogP contribution in [-0.2, 0) is 9.59 Å². The molecule has 0 radical (unpaired) electrons. The van der Waals surface area contributed by atoms with E-state index in [0.717, 1.165) is 0 Å². The highest BCUT2D eigenvalue weighted by molar-refractivity contribution is 6.36. The second-order valence-corrected chi connectivity index (χ2v) is 5.92. The lowest BCUT2D eigenvalue weighted by Crippen LogP contribution is -2.24. The monoisotopic (exact) mass is 379 g/mol. The van der Waals surface area contributed by atoms with Crippen LogP contribution in [0.5, 0.6) is 0 Å². The van der Waals surface area contributed by atoms with Gasteiger partial charge in [-0.25, -0.2) is 0 Å². The summed E-state index contributed by atoms with van der Waals surface area (Å²) in [5.74, 6) is -2.11. The Morgan fingerprint density at radius 1 is 0.920 bits per heavy atom. The molecule has 0 spiro atoms. The first-order chi connectivity index (χ1) is 11.8. The number of hydrogen-bond acceptors (Lipinski definition) is 4. The van der Waals surface area contributed by atoms with Crippen LogP contribution in [0.3, 0.4) is 0 Å². The van der Waals surface area contributed by atoms with Gasteiger partial charge in [0.05, 0.1) is 10.7 Å². The third-order valence-electron chi connectivity index (χ3n) is 3.17. The molecular weight excluding hydrogens is 367 g/mol. The first kappa shape index (κ1) is 18.8.